The third kappa shape index (κ3) is 1.28. The molecule has 5 atom stereocenters. The fourth-order valence-electron chi connectivity index (χ4n) is 5.39. The molecule has 0 saturated carbocycles. The van der Waals surface area contributed by atoms with Gasteiger partial charge in [0, 0.05) is 22.9 Å². The third-order valence-corrected chi connectivity index (χ3v) is 6.35. The lowest BCUT2D eigenvalue weighted by Gasteiger charge is -2.56. The topological polar surface area (TPSA) is 41.9 Å². The number of methoxy groups -OCH3 is 1. The Bertz CT molecular complexity index is 685. The molecule has 2 aliphatic carbocycles. The molecule has 5 rings (SSSR count). The smallest absolute Gasteiger partial charge is 0.165 e. The molecule has 2 bridgehead atoms. The number of likely N-dealkylation sites (tertiary alicyclic amines) is 1. The Morgan fingerprint density at radius 2 is 2.23 bits per heavy atom. The van der Waals surface area contributed by atoms with E-state index in [0.29, 0.717) is 12.0 Å². The molecule has 1 spiro atoms. The summed E-state index contributed by atoms with van der Waals surface area (Å²) in [5.41, 5.74) is 2.60. The summed E-state index contributed by atoms with van der Waals surface area (Å²) in [5.74, 6) is 2.09. The number of hydrogen-bond donors (Lipinski definition) is 1. The number of hydrogen-bond acceptors (Lipinski definition) is 4. The van der Waals surface area contributed by atoms with Crippen LogP contribution in [0.5, 0.6) is 11.5 Å². The minimum Gasteiger partial charge on any atom is -0.493 e. The van der Waals surface area contributed by atoms with Gasteiger partial charge in [-0.1, -0.05) is 18.2 Å². The summed E-state index contributed by atoms with van der Waals surface area (Å²) >= 11 is 0. The Hall–Kier alpha value is -1.52. The Labute approximate surface area is 130 Å². The highest BCUT2D eigenvalue weighted by Gasteiger charge is 2.64. The summed E-state index contributed by atoms with van der Waals surface area (Å²) in [6, 6.07) is 4.70. The maximum Gasteiger partial charge on any atom is 0.165 e. The summed E-state index contributed by atoms with van der Waals surface area (Å²) < 4.78 is 11.8. The number of benzene rings is 1. The van der Waals surface area contributed by atoms with Crippen LogP contribution in [-0.4, -0.2) is 49.0 Å². The van der Waals surface area contributed by atoms with Crippen molar-refractivity contribution in [3.63, 3.8) is 0 Å². The third-order valence-electron chi connectivity index (χ3n) is 6.35. The van der Waals surface area contributed by atoms with Crippen molar-refractivity contribution in [2.75, 3.05) is 20.7 Å². The van der Waals surface area contributed by atoms with Crippen molar-refractivity contribution in [1.82, 2.24) is 4.90 Å². The molecular weight excluding hydrogens is 278 g/mol. The average Bonchev–Trinajstić information content (AvgIpc) is 2.88. The van der Waals surface area contributed by atoms with Crippen molar-refractivity contribution in [3.8, 4) is 11.5 Å². The van der Waals surface area contributed by atoms with E-state index in [1.165, 1.54) is 11.1 Å². The minimum atomic E-state index is -0.539. The van der Waals surface area contributed by atoms with E-state index in [1.54, 1.807) is 7.11 Å². The van der Waals surface area contributed by atoms with Gasteiger partial charge in [-0.2, -0.15) is 0 Å². The van der Waals surface area contributed by atoms with Crippen LogP contribution in [0.2, 0.25) is 0 Å². The fraction of sp³-hybridized carbons (Fsp3) is 0.556. The molecule has 1 N–H and O–H groups in total. The summed E-state index contributed by atoms with van der Waals surface area (Å²) in [6.07, 6.45) is 5.54. The van der Waals surface area contributed by atoms with E-state index in [4.69, 9.17) is 9.47 Å². The highest BCUT2D eigenvalue weighted by molar-refractivity contribution is 5.62. The van der Waals surface area contributed by atoms with Gasteiger partial charge in [-0.3, -0.25) is 0 Å². The predicted octanol–water partition coefficient (Wildman–Crippen LogP) is 1.50. The molecule has 1 saturated heterocycles. The lowest BCUT2D eigenvalue weighted by atomic mass is 9.53. The Balaban J connectivity index is 1.82. The molecule has 4 aliphatic rings. The first-order valence-electron chi connectivity index (χ1n) is 8.10. The van der Waals surface area contributed by atoms with Crippen LogP contribution in [0.3, 0.4) is 0 Å². The normalized spacial score (nSPS) is 41.0. The molecule has 0 unspecified atom stereocenters. The molecule has 0 radical (unpaired) electrons. The number of nitrogens with zero attached hydrogens (tertiary/aromatic N) is 1. The van der Waals surface area contributed by atoms with Crippen molar-refractivity contribution in [2.24, 2.45) is 5.92 Å². The largest absolute Gasteiger partial charge is 0.493 e. The van der Waals surface area contributed by atoms with Crippen molar-refractivity contribution in [3.05, 3.63) is 35.4 Å². The molecule has 2 aliphatic heterocycles. The van der Waals surface area contributed by atoms with Gasteiger partial charge >= 0.3 is 0 Å². The summed E-state index contributed by atoms with van der Waals surface area (Å²) in [5, 5.41) is 10.6. The summed E-state index contributed by atoms with van der Waals surface area (Å²) in [4.78, 5) is 2.47. The second kappa shape index (κ2) is 4.06. The quantitative estimate of drug-likeness (QED) is 0.798. The minimum absolute atomic E-state index is 0.0806. The van der Waals surface area contributed by atoms with Crippen LogP contribution >= 0.6 is 0 Å². The SMILES string of the molecule is COc1ccc2c3c1O[C@@H]1[C@@H](O)C=C[C@H]4[C@H](C2)N(C)CC[C@]314. The van der Waals surface area contributed by atoms with Crippen molar-refractivity contribution in [2.45, 2.75) is 36.5 Å². The first-order chi connectivity index (χ1) is 10.7. The van der Waals surface area contributed by atoms with Gasteiger partial charge in [0.2, 0.25) is 0 Å². The van der Waals surface area contributed by atoms with Gasteiger partial charge < -0.3 is 19.5 Å². The monoisotopic (exact) mass is 299 g/mol. The Morgan fingerprint density at radius 1 is 1.36 bits per heavy atom. The predicted molar refractivity (Wildman–Crippen MR) is 82.5 cm³/mol. The van der Waals surface area contributed by atoms with E-state index in [0.717, 1.165) is 30.9 Å². The van der Waals surface area contributed by atoms with Gasteiger partial charge in [0.15, 0.2) is 11.5 Å². The molecule has 2 heterocycles. The van der Waals surface area contributed by atoms with Crippen LogP contribution in [0.1, 0.15) is 17.5 Å². The number of aliphatic hydroxyl groups excluding tert-OH is 1. The van der Waals surface area contributed by atoms with Crippen molar-refractivity contribution in [1.29, 1.82) is 0 Å². The summed E-state index contributed by atoms with van der Waals surface area (Å²) in [7, 11) is 3.91. The highest BCUT2D eigenvalue weighted by atomic mass is 16.5. The molecule has 1 aromatic rings. The first kappa shape index (κ1) is 13.0. The zero-order valence-corrected chi connectivity index (χ0v) is 13.0. The number of piperidine rings is 1. The molecule has 1 aromatic carbocycles. The van der Waals surface area contributed by atoms with Crippen LogP contribution in [-0.2, 0) is 11.8 Å². The molecule has 0 amide bonds. The number of ether oxygens (including phenoxy) is 2. The second-order valence-electron chi connectivity index (χ2n) is 7.11. The van der Waals surface area contributed by atoms with Gasteiger partial charge in [0.1, 0.15) is 12.2 Å². The second-order valence-corrected chi connectivity index (χ2v) is 7.11. The lowest BCUT2D eigenvalue weighted by Crippen LogP contribution is -2.64. The van der Waals surface area contributed by atoms with E-state index in [2.05, 4.69) is 24.1 Å². The Kier molecular flexibility index (Phi) is 2.39. The molecule has 116 valence electrons. The van der Waals surface area contributed by atoms with Crippen LogP contribution in [0.15, 0.2) is 24.3 Å². The van der Waals surface area contributed by atoms with Gasteiger partial charge in [-0.15, -0.1) is 0 Å². The molecule has 4 nitrogen and oxygen atoms in total. The fourth-order valence-corrected chi connectivity index (χ4v) is 5.39. The number of rotatable bonds is 1. The van der Waals surface area contributed by atoms with Crippen molar-refractivity contribution < 1.29 is 14.6 Å². The lowest BCUT2D eigenvalue weighted by molar-refractivity contribution is -0.0453. The van der Waals surface area contributed by atoms with Crippen LogP contribution < -0.4 is 9.47 Å². The zero-order valence-electron chi connectivity index (χ0n) is 13.0. The number of likely N-dealkylation sites (N-methyl/N-ethyl adjacent to an activating group) is 1. The maximum atomic E-state index is 10.6. The van der Waals surface area contributed by atoms with E-state index in [1.807, 2.05) is 12.1 Å². The molecule has 1 fully saturated rings. The van der Waals surface area contributed by atoms with Gasteiger partial charge in [0.05, 0.1) is 7.11 Å². The molecule has 4 heteroatoms. The van der Waals surface area contributed by atoms with Gasteiger partial charge in [-0.05, 0) is 38.1 Å². The van der Waals surface area contributed by atoms with Crippen LogP contribution in [0.4, 0.5) is 0 Å². The standard InChI is InChI=1S/C18H21NO3/c1-19-8-7-18-11-4-5-13(20)17(18)22-16-14(21-2)6-3-10(15(16)18)9-12(11)19/h3-6,11-13,17,20H,7-9H2,1-2H3/t11-,12-,13-,17+,18-/m0/s1. The average molecular weight is 299 g/mol. The van der Waals surface area contributed by atoms with Crippen LogP contribution in [0.25, 0.3) is 0 Å². The molecule has 0 aromatic heterocycles. The van der Waals surface area contributed by atoms with Gasteiger partial charge in [-0.25, -0.2) is 0 Å². The number of aliphatic hydroxyl groups is 1. The van der Waals surface area contributed by atoms with Gasteiger partial charge in [0.25, 0.3) is 0 Å². The maximum absolute atomic E-state index is 10.6. The first-order valence-corrected chi connectivity index (χ1v) is 8.10. The molecular formula is C18H21NO3. The zero-order chi connectivity index (χ0) is 15.1. The molecule has 22 heavy (non-hydrogen) atoms. The van der Waals surface area contributed by atoms with E-state index in [9.17, 15) is 5.11 Å². The van der Waals surface area contributed by atoms with E-state index < -0.39 is 6.10 Å². The Morgan fingerprint density at radius 3 is 3.05 bits per heavy atom. The summed E-state index contributed by atoms with van der Waals surface area (Å²) in [6.45, 7) is 1.05. The van der Waals surface area contributed by atoms with Crippen molar-refractivity contribution >= 4 is 0 Å². The highest BCUT2D eigenvalue weighted by Crippen LogP contribution is 2.62. The van der Waals surface area contributed by atoms with E-state index in [-0.39, 0.29) is 11.5 Å². The van der Waals surface area contributed by atoms with Crippen LogP contribution in [0, 0.1) is 5.92 Å². The van der Waals surface area contributed by atoms with E-state index >= 15 is 0 Å².